The second kappa shape index (κ2) is 7.25. The Hall–Kier alpha value is -2.69. The molecule has 0 saturated carbocycles. The molecule has 0 radical (unpaired) electrons. The van der Waals surface area contributed by atoms with Gasteiger partial charge in [-0.2, -0.15) is 0 Å². The minimum atomic E-state index is -0.111. The van der Waals surface area contributed by atoms with Crippen LogP contribution in [0.15, 0.2) is 42.5 Å². The number of hydrogen-bond donors (Lipinski definition) is 2. The molecule has 1 aliphatic heterocycles. The van der Waals surface area contributed by atoms with Crippen LogP contribution in [0.2, 0.25) is 0 Å². The summed E-state index contributed by atoms with van der Waals surface area (Å²) in [5, 5.41) is 5.98. The van der Waals surface area contributed by atoms with Gasteiger partial charge in [-0.15, -0.1) is 0 Å². The number of anilines is 2. The van der Waals surface area contributed by atoms with Crippen LogP contribution in [-0.4, -0.2) is 25.7 Å². The Bertz CT molecular complexity index is 711. The highest BCUT2D eigenvalue weighted by atomic mass is 16.6. The smallest absolute Gasteiger partial charge is 0.243 e. The van der Waals surface area contributed by atoms with Gasteiger partial charge in [0.05, 0.1) is 6.54 Å². The molecule has 0 bridgehead atoms. The highest BCUT2D eigenvalue weighted by Gasteiger charge is 2.12. The normalized spacial score (nSPS) is 12.8. The fourth-order valence-corrected chi connectivity index (χ4v) is 2.49. The fraction of sp³-hybridized carbons (Fsp3) is 0.316. The van der Waals surface area contributed by atoms with Crippen molar-refractivity contribution in [2.45, 2.75) is 19.8 Å². The second-order valence-electron chi connectivity index (χ2n) is 6.04. The van der Waals surface area contributed by atoms with E-state index in [0.717, 1.165) is 5.69 Å². The highest BCUT2D eigenvalue weighted by Crippen LogP contribution is 2.32. The largest absolute Gasteiger partial charge is 0.486 e. The lowest BCUT2D eigenvalue weighted by Crippen LogP contribution is -2.22. The van der Waals surface area contributed by atoms with Crippen LogP contribution in [0.5, 0.6) is 11.5 Å². The third-order valence-corrected chi connectivity index (χ3v) is 3.86. The average Bonchev–Trinajstić information content (AvgIpc) is 2.60. The fourth-order valence-electron chi connectivity index (χ4n) is 2.49. The zero-order valence-corrected chi connectivity index (χ0v) is 14.0. The summed E-state index contributed by atoms with van der Waals surface area (Å²) in [6.45, 7) is 5.60. The van der Waals surface area contributed by atoms with E-state index in [9.17, 15) is 4.79 Å². The van der Waals surface area contributed by atoms with Crippen molar-refractivity contribution in [1.82, 2.24) is 0 Å². The molecule has 2 aromatic carbocycles. The Kier molecular flexibility index (Phi) is 4.89. The SMILES string of the molecule is CC(C)c1ccc(NCC(=O)Nc2ccc3c(c2)OCCO3)cc1. The lowest BCUT2D eigenvalue weighted by molar-refractivity contribution is -0.114. The van der Waals surface area contributed by atoms with E-state index in [0.29, 0.717) is 36.3 Å². The molecule has 2 aromatic rings. The van der Waals surface area contributed by atoms with E-state index >= 15 is 0 Å². The van der Waals surface area contributed by atoms with Gasteiger partial charge in [0.2, 0.25) is 5.91 Å². The van der Waals surface area contributed by atoms with Gasteiger partial charge in [-0.05, 0) is 35.7 Å². The number of carbonyl (C=O) groups is 1. The third-order valence-electron chi connectivity index (χ3n) is 3.86. The maximum Gasteiger partial charge on any atom is 0.243 e. The van der Waals surface area contributed by atoms with Gasteiger partial charge in [-0.1, -0.05) is 26.0 Å². The Balaban J connectivity index is 1.54. The first-order valence-corrected chi connectivity index (χ1v) is 8.15. The van der Waals surface area contributed by atoms with E-state index in [-0.39, 0.29) is 12.5 Å². The number of hydrogen-bond acceptors (Lipinski definition) is 4. The molecule has 0 spiro atoms. The Morgan fingerprint density at radius 2 is 1.67 bits per heavy atom. The third kappa shape index (κ3) is 3.98. The lowest BCUT2D eigenvalue weighted by atomic mass is 10.0. The molecule has 0 unspecified atom stereocenters. The predicted octanol–water partition coefficient (Wildman–Crippen LogP) is 3.63. The monoisotopic (exact) mass is 326 g/mol. The summed E-state index contributed by atoms with van der Waals surface area (Å²) in [6, 6.07) is 13.5. The summed E-state index contributed by atoms with van der Waals surface area (Å²) in [5.41, 5.74) is 2.90. The summed E-state index contributed by atoms with van der Waals surface area (Å²) in [4.78, 5) is 12.1. The minimum absolute atomic E-state index is 0.111. The maximum absolute atomic E-state index is 12.1. The van der Waals surface area contributed by atoms with Crippen molar-refractivity contribution < 1.29 is 14.3 Å². The van der Waals surface area contributed by atoms with Crippen LogP contribution < -0.4 is 20.1 Å². The molecule has 1 aliphatic rings. The van der Waals surface area contributed by atoms with Crippen molar-refractivity contribution in [2.75, 3.05) is 30.4 Å². The number of benzene rings is 2. The van der Waals surface area contributed by atoms with Crippen molar-refractivity contribution in [1.29, 1.82) is 0 Å². The number of nitrogens with one attached hydrogen (secondary N) is 2. The number of fused-ring (bicyclic) bond motifs is 1. The van der Waals surface area contributed by atoms with Crippen LogP contribution >= 0.6 is 0 Å². The van der Waals surface area contributed by atoms with E-state index in [4.69, 9.17) is 9.47 Å². The zero-order valence-electron chi connectivity index (χ0n) is 14.0. The lowest BCUT2D eigenvalue weighted by Gasteiger charge is -2.19. The molecule has 0 fully saturated rings. The van der Waals surface area contributed by atoms with Gasteiger partial charge in [0, 0.05) is 17.4 Å². The molecule has 0 saturated heterocycles. The molecule has 5 heteroatoms. The van der Waals surface area contributed by atoms with Gasteiger partial charge in [0.15, 0.2) is 11.5 Å². The molecular weight excluding hydrogens is 304 g/mol. The van der Waals surface area contributed by atoms with E-state index in [1.165, 1.54) is 5.56 Å². The standard InChI is InChI=1S/C19H22N2O3/c1-13(2)14-3-5-15(6-4-14)20-12-19(22)21-16-7-8-17-18(11-16)24-10-9-23-17/h3-8,11,13,20H,9-10,12H2,1-2H3,(H,21,22). The Morgan fingerprint density at radius 1 is 1.00 bits per heavy atom. The van der Waals surface area contributed by atoms with E-state index in [1.54, 1.807) is 6.07 Å². The first kappa shape index (κ1) is 16.2. The maximum atomic E-state index is 12.1. The van der Waals surface area contributed by atoms with Crippen molar-refractivity contribution in [3.63, 3.8) is 0 Å². The summed E-state index contributed by atoms with van der Waals surface area (Å²) in [6.07, 6.45) is 0. The molecule has 0 aromatic heterocycles. The molecular formula is C19H22N2O3. The molecule has 3 rings (SSSR count). The van der Waals surface area contributed by atoms with Gasteiger partial charge < -0.3 is 20.1 Å². The summed E-state index contributed by atoms with van der Waals surface area (Å²) in [7, 11) is 0. The molecule has 2 N–H and O–H groups in total. The van der Waals surface area contributed by atoms with Crippen LogP contribution in [0, 0.1) is 0 Å². The number of carbonyl (C=O) groups excluding carboxylic acids is 1. The minimum Gasteiger partial charge on any atom is -0.486 e. The molecule has 0 atom stereocenters. The molecule has 126 valence electrons. The summed E-state index contributed by atoms with van der Waals surface area (Å²) < 4.78 is 11.0. The summed E-state index contributed by atoms with van der Waals surface area (Å²) >= 11 is 0. The van der Waals surface area contributed by atoms with E-state index in [2.05, 4.69) is 36.6 Å². The van der Waals surface area contributed by atoms with Crippen LogP contribution in [0.1, 0.15) is 25.3 Å². The van der Waals surface area contributed by atoms with Crippen LogP contribution in [0.25, 0.3) is 0 Å². The van der Waals surface area contributed by atoms with Gasteiger partial charge in [0.25, 0.3) is 0 Å². The van der Waals surface area contributed by atoms with Gasteiger partial charge >= 0.3 is 0 Å². The van der Waals surface area contributed by atoms with Gasteiger partial charge in [0.1, 0.15) is 13.2 Å². The highest BCUT2D eigenvalue weighted by molar-refractivity contribution is 5.94. The van der Waals surface area contributed by atoms with Crippen molar-refractivity contribution in [3.8, 4) is 11.5 Å². The van der Waals surface area contributed by atoms with Crippen LogP contribution in [0.3, 0.4) is 0 Å². The topological polar surface area (TPSA) is 59.6 Å². The number of ether oxygens (including phenoxy) is 2. The Labute approximate surface area is 142 Å². The van der Waals surface area contributed by atoms with Crippen LogP contribution in [-0.2, 0) is 4.79 Å². The summed E-state index contributed by atoms with van der Waals surface area (Å²) in [5.74, 6) is 1.76. The first-order valence-electron chi connectivity index (χ1n) is 8.15. The predicted molar refractivity (Wildman–Crippen MR) is 95.1 cm³/mol. The van der Waals surface area contributed by atoms with Crippen molar-refractivity contribution in [3.05, 3.63) is 48.0 Å². The van der Waals surface area contributed by atoms with E-state index in [1.807, 2.05) is 24.3 Å². The molecule has 5 nitrogen and oxygen atoms in total. The Morgan fingerprint density at radius 3 is 2.38 bits per heavy atom. The quantitative estimate of drug-likeness (QED) is 0.881. The number of amides is 1. The van der Waals surface area contributed by atoms with E-state index < -0.39 is 0 Å². The molecule has 0 aliphatic carbocycles. The molecule has 1 amide bonds. The first-order chi connectivity index (χ1) is 11.6. The average molecular weight is 326 g/mol. The number of rotatable bonds is 5. The van der Waals surface area contributed by atoms with Crippen molar-refractivity contribution in [2.24, 2.45) is 0 Å². The van der Waals surface area contributed by atoms with Gasteiger partial charge in [-0.3, -0.25) is 4.79 Å². The van der Waals surface area contributed by atoms with Crippen LogP contribution in [0.4, 0.5) is 11.4 Å². The second-order valence-corrected chi connectivity index (χ2v) is 6.04. The van der Waals surface area contributed by atoms with Gasteiger partial charge in [-0.25, -0.2) is 0 Å². The zero-order chi connectivity index (χ0) is 16.9. The van der Waals surface area contributed by atoms with Crippen molar-refractivity contribution >= 4 is 17.3 Å². The molecule has 1 heterocycles. The molecule has 24 heavy (non-hydrogen) atoms.